The zero-order chi connectivity index (χ0) is 14.7. The average Bonchev–Trinajstić information content (AvgIpc) is 3.23. The van der Waals surface area contributed by atoms with Crippen molar-refractivity contribution in [2.24, 2.45) is 10.9 Å². The van der Waals surface area contributed by atoms with Crippen LogP contribution in [-0.4, -0.2) is 49.6 Å². The number of para-hydroxylation sites is 1. The van der Waals surface area contributed by atoms with E-state index in [1.165, 1.54) is 12.1 Å². The monoisotopic (exact) mass is 286 g/mol. The first-order chi connectivity index (χ1) is 10.3. The Balaban J connectivity index is 1.57. The van der Waals surface area contributed by atoms with Gasteiger partial charge in [0.1, 0.15) is 0 Å². The molecular formula is C17H26N4. The van der Waals surface area contributed by atoms with Crippen molar-refractivity contribution in [1.82, 2.24) is 10.2 Å². The van der Waals surface area contributed by atoms with Gasteiger partial charge < -0.3 is 15.1 Å². The predicted molar refractivity (Wildman–Crippen MR) is 88.9 cm³/mol. The molecule has 2 atom stereocenters. The minimum absolute atomic E-state index is 0.641. The summed E-state index contributed by atoms with van der Waals surface area (Å²) in [6, 6.07) is 11.3. The van der Waals surface area contributed by atoms with E-state index in [-0.39, 0.29) is 0 Å². The van der Waals surface area contributed by atoms with E-state index in [1.54, 1.807) is 0 Å². The van der Waals surface area contributed by atoms with E-state index in [2.05, 4.69) is 64.3 Å². The van der Waals surface area contributed by atoms with E-state index in [1.807, 2.05) is 0 Å². The van der Waals surface area contributed by atoms with Gasteiger partial charge in [0.2, 0.25) is 0 Å². The van der Waals surface area contributed by atoms with Crippen molar-refractivity contribution in [2.45, 2.75) is 26.3 Å². The lowest BCUT2D eigenvalue weighted by Gasteiger charge is -2.37. The molecule has 1 N–H and O–H groups in total. The molecule has 1 saturated heterocycles. The molecule has 2 unspecified atom stereocenters. The summed E-state index contributed by atoms with van der Waals surface area (Å²) in [5.74, 6) is 1.91. The normalized spacial score (nSPS) is 25.9. The summed E-state index contributed by atoms with van der Waals surface area (Å²) in [6.07, 6.45) is 1.28. The van der Waals surface area contributed by atoms with E-state index in [0.29, 0.717) is 6.04 Å². The van der Waals surface area contributed by atoms with E-state index in [4.69, 9.17) is 0 Å². The van der Waals surface area contributed by atoms with Crippen molar-refractivity contribution < 1.29 is 0 Å². The maximum Gasteiger partial charge on any atom is 0.194 e. The van der Waals surface area contributed by atoms with Crippen LogP contribution in [0, 0.1) is 5.92 Å². The molecule has 4 nitrogen and oxygen atoms in total. The van der Waals surface area contributed by atoms with Gasteiger partial charge in [-0.1, -0.05) is 25.1 Å². The highest BCUT2D eigenvalue weighted by molar-refractivity contribution is 5.81. The van der Waals surface area contributed by atoms with E-state index < -0.39 is 0 Å². The number of rotatable bonds is 3. The minimum Gasteiger partial charge on any atom is -0.368 e. The maximum atomic E-state index is 4.67. The fourth-order valence-corrected chi connectivity index (χ4v) is 2.89. The summed E-state index contributed by atoms with van der Waals surface area (Å²) in [7, 11) is 0. The highest BCUT2D eigenvalue weighted by Gasteiger charge is 2.34. The van der Waals surface area contributed by atoms with Crippen LogP contribution in [0.1, 0.15) is 20.3 Å². The van der Waals surface area contributed by atoms with Crippen molar-refractivity contribution in [3.05, 3.63) is 30.3 Å². The maximum absolute atomic E-state index is 4.67. The number of hydrogen-bond donors (Lipinski definition) is 1. The number of guanidine groups is 1. The van der Waals surface area contributed by atoms with Crippen LogP contribution in [0.5, 0.6) is 0 Å². The third-order valence-corrected chi connectivity index (χ3v) is 4.43. The lowest BCUT2D eigenvalue weighted by Crippen LogP contribution is -2.53. The van der Waals surface area contributed by atoms with Gasteiger partial charge in [0.25, 0.3) is 0 Å². The topological polar surface area (TPSA) is 30.9 Å². The lowest BCUT2D eigenvalue weighted by molar-refractivity contribution is 0.371. The molecule has 3 rings (SSSR count). The van der Waals surface area contributed by atoms with Crippen LogP contribution in [0.25, 0.3) is 0 Å². The lowest BCUT2D eigenvalue weighted by atomic mass is 10.2. The summed E-state index contributed by atoms with van der Waals surface area (Å²) < 4.78 is 0. The Morgan fingerprint density at radius 1 is 1.19 bits per heavy atom. The van der Waals surface area contributed by atoms with Crippen molar-refractivity contribution in [3.63, 3.8) is 0 Å². The zero-order valence-corrected chi connectivity index (χ0v) is 13.1. The Morgan fingerprint density at radius 3 is 2.43 bits per heavy atom. The largest absolute Gasteiger partial charge is 0.368 e. The molecule has 114 valence electrons. The number of aliphatic imine (C=N–C) groups is 1. The standard InChI is InChI=1S/C17H26N4/c1-3-18-17(19-16-13-14(16)2)21-11-9-20(10-12-21)15-7-5-4-6-8-15/h4-8,14,16H,3,9-13H2,1-2H3,(H,18,19). The third-order valence-electron chi connectivity index (χ3n) is 4.43. The van der Waals surface area contributed by atoms with Gasteiger partial charge in [-0.25, -0.2) is 0 Å². The van der Waals surface area contributed by atoms with Crippen molar-refractivity contribution in [1.29, 1.82) is 0 Å². The Bertz CT molecular complexity index is 477. The Morgan fingerprint density at radius 2 is 1.86 bits per heavy atom. The molecule has 4 heteroatoms. The van der Waals surface area contributed by atoms with E-state index in [9.17, 15) is 0 Å². The van der Waals surface area contributed by atoms with Crippen LogP contribution in [-0.2, 0) is 0 Å². The third kappa shape index (κ3) is 3.49. The number of anilines is 1. The first kappa shape index (κ1) is 14.2. The first-order valence-electron chi connectivity index (χ1n) is 8.14. The van der Waals surface area contributed by atoms with Crippen molar-refractivity contribution in [3.8, 4) is 0 Å². The summed E-state index contributed by atoms with van der Waals surface area (Å²) >= 11 is 0. The van der Waals surface area contributed by atoms with Gasteiger partial charge in [0, 0.05) is 44.5 Å². The smallest absolute Gasteiger partial charge is 0.194 e. The van der Waals surface area contributed by atoms with Gasteiger partial charge >= 0.3 is 0 Å². The predicted octanol–water partition coefficient (Wildman–Crippen LogP) is 2.18. The molecule has 1 saturated carbocycles. The second kappa shape index (κ2) is 6.37. The summed E-state index contributed by atoms with van der Waals surface area (Å²) in [4.78, 5) is 9.54. The summed E-state index contributed by atoms with van der Waals surface area (Å²) in [5, 5.41) is 3.62. The molecule has 2 aliphatic rings. The molecule has 2 fully saturated rings. The van der Waals surface area contributed by atoms with Gasteiger partial charge in [-0.15, -0.1) is 0 Å². The van der Waals surface area contributed by atoms with Gasteiger partial charge in [-0.3, -0.25) is 4.99 Å². The van der Waals surface area contributed by atoms with Crippen LogP contribution < -0.4 is 10.2 Å². The van der Waals surface area contributed by atoms with Crippen LogP contribution in [0.2, 0.25) is 0 Å². The van der Waals surface area contributed by atoms with Crippen molar-refractivity contribution in [2.75, 3.05) is 37.6 Å². The molecule has 0 spiro atoms. The molecule has 0 amide bonds. The van der Waals surface area contributed by atoms with Crippen LogP contribution in [0.4, 0.5) is 5.69 Å². The number of nitrogens with zero attached hydrogens (tertiary/aromatic N) is 3. The second-order valence-electron chi connectivity index (χ2n) is 6.07. The van der Waals surface area contributed by atoms with Gasteiger partial charge in [0.15, 0.2) is 5.96 Å². The second-order valence-corrected chi connectivity index (χ2v) is 6.07. The molecular weight excluding hydrogens is 260 g/mol. The quantitative estimate of drug-likeness (QED) is 0.682. The summed E-state index contributed by atoms with van der Waals surface area (Å²) in [5.41, 5.74) is 1.33. The number of hydrogen-bond acceptors (Lipinski definition) is 2. The number of piperazine rings is 1. The molecule has 0 bridgehead atoms. The molecule has 1 aromatic carbocycles. The average molecular weight is 286 g/mol. The van der Waals surface area contributed by atoms with Gasteiger partial charge in [-0.2, -0.15) is 0 Å². The van der Waals surface area contributed by atoms with E-state index in [0.717, 1.165) is 44.6 Å². The highest BCUT2D eigenvalue weighted by atomic mass is 15.4. The first-order valence-corrected chi connectivity index (χ1v) is 8.14. The minimum atomic E-state index is 0.641. The SMILES string of the molecule is CCN=C(NC1CC1C)N1CCN(c2ccccc2)CC1. The molecule has 1 aromatic rings. The van der Waals surface area contributed by atoms with Crippen molar-refractivity contribution >= 4 is 11.6 Å². The fourth-order valence-electron chi connectivity index (χ4n) is 2.89. The van der Waals surface area contributed by atoms with Gasteiger partial charge in [0.05, 0.1) is 0 Å². The van der Waals surface area contributed by atoms with E-state index >= 15 is 0 Å². The molecule has 1 heterocycles. The Labute approximate surface area is 127 Å². The number of benzene rings is 1. The molecule has 0 aromatic heterocycles. The zero-order valence-electron chi connectivity index (χ0n) is 13.1. The van der Waals surface area contributed by atoms with Crippen LogP contribution in [0.3, 0.4) is 0 Å². The molecule has 21 heavy (non-hydrogen) atoms. The number of nitrogens with one attached hydrogen (secondary N) is 1. The molecule has 1 aliphatic heterocycles. The Kier molecular flexibility index (Phi) is 4.32. The summed E-state index contributed by atoms with van der Waals surface area (Å²) in [6.45, 7) is 9.47. The van der Waals surface area contributed by atoms with Crippen LogP contribution in [0.15, 0.2) is 35.3 Å². The highest BCUT2D eigenvalue weighted by Crippen LogP contribution is 2.29. The Hall–Kier alpha value is -1.71. The fraction of sp³-hybridized carbons (Fsp3) is 0.588. The van der Waals surface area contributed by atoms with Gasteiger partial charge in [-0.05, 0) is 31.4 Å². The van der Waals surface area contributed by atoms with Crippen LogP contribution >= 0.6 is 0 Å². The molecule has 1 aliphatic carbocycles. The molecule has 0 radical (unpaired) electrons.